The Hall–Kier alpha value is -2.34. The molecule has 2 rings (SSSR count). The third-order valence-corrected chi connectivity index (χ3v) is 4.42. The van der Waals surface area contributed by atoms with Gasteiger partial charge in [0.15, 0.2) is 0 Å². The molecule has 0 unspecified atom stereocenters. The van der Waals surface area contributed by atoms with Crippen LogP contribution in [-0.2, 0) is 10.1 Å². The summed E-state index contributed by atoms with van der Waals surface area (Å²) in [6.07, 6.45) is 0. The molecule has 0 saturated carbocycles. The Morgan fingerprint density at radius 1 is 1.09 bits per heavy atom. The van der Waals surface area contributed by atoms with Crippen molar-refractivity contribution in [3.8, 4) is 5.75 Å². The number of rotatable bonds is 5. The van der Waals surface area contributed by atoms with Gasteiger partial charge in [-0.25, -0.2) is 0 Å². The minimum atomic E-state index is -3.95. The number of benzene rings is 2. The van der Waals surface area contributed by atoms with Gasteiger partial charge in [0.05, 0.1) is 0 Å². The molecule has 0 aliphatic heterocycles. The molecule has 0 saturated heterocycles. The van der Waals surface area contributed by atoms with E-state index in [0.717, 1.165) is 5.56 Å². The van der Waals surface area contributed by atoms with Gasteiger partial charge in [-0.3, -0.25) is 4.79 Å². The van der Waals surface area contributed by atoms with E-state index in [0.29, 0.717) is 5.92 Å². The summed E-state index contributed by atoms with van der Waals surface area (Å²) in [7, 11) is -3.95. The number of hydrogen-bond acceptors (Lipinski definition) is 4. The Morgan fingerprint density at radius 2 is 1.73 bits per heavy atom. The minimum Gasteiger partial charge on any atom is -0.379 e. The lowest BCUT2D eigenvalue weighted by Gasteiger charge is -2.09. The summed E-state index contributed by atoms with van der Waals surface area (Å²) in [6, 6.07) is 12.2. The van der Waals surface area contributed by atoms with Gasteiger partial charge in [0.1, 0.15) is 10.6 Å². The molecule has 2 N–H and O–H groups in total. The Morgan fingerprint density at radius 3 is 2.27 bits per heavy atom. The number of hydrogen-bond donors (Lipinski definition) is 1. The third kappa shape index (κ3) is 3.65. The van der Waals surface area contributed by atoms with Crippen molar-refractivity contribution < 1.29 is 17.4 Å². The van der Waals surface area contributed by atoms with Crippen LogP contribution in [-0.4, -0.2) is 14.3 Å². The molecule has 116 valence electrons. The molecule has 0 fully saturated rings. The van der Waals surface area contributed by atoms with Gasteiger partial charge in [0.25, 0.3) is 0 Å². The van der Waals surface area contributed by atoms with E-state index in [1.165, 1.54) is 36.4 Å². The highest BCUT2D eigenvalue weighted by atomic mass is 32.2. The zero-order chi connectivity index (χ0) is 16.3. The van der Waals surface area contributed by atoms with Gasteiger partial charge >= 0.3 is 10.1 Å². The third-order valence-electron chi connectivity index (χ3n) is 3.16. The van der Waals surface area contributed by atoms with Crippen molar-refractivity contribution in [2.24, 2.45) is 5.73 Å². The standard InChI is InChI=1S/C16H17NO4S/c1-11(2)12-6-8-15(9-7-12)22(19,20)21-14-5-3-4-13(10-14)16(17)18/h3-11H,1-2H3,(H2,17,18). The van der Waals surface area contributed by atoms with Gasteiger partial charge in [-0.1, -0.05) is 32.0 Å². The maximum atomic E-state index is 12.2. The molecule has 2 aromatic rings. The first-order valence-corrected chi connectivity index (χ1v) is 8.15. The second kappa shape index (κ2) is 6.19. The lowest BCUT2D eigenvalue weighted by Crippen LogP contribution is -2.13. The minimum absolute atomic E-state index is 0.0456. The van der Waals surface area contributed by atoms with Crippen molar-refractivity contribution in [3.63, 3.8) is 0 Å². The molecule has 0 aliphatic carbocycles. The van der Waals surface area contributed by atoms with Crippen LogP contribution in [0.5, 0.6) is 5.75 Å². The fourth-order valence-corrected chi connectivity index (χ4v) is 2.82. The molecule has 0 heterocycles. The predicted molar refractivity (Wildman–Crippen MR) is 83.3 cm³/mol. The monoisotopic (exact) mass is 319 g/mol. The summed E-state index contributed by atoms with van der Waals surface area (Å²) in [5.74, 6) is -0.293. The zero-order valence-electron chi connectivity index (χ0n) is 12.3. The van der Waals surface area contributed by atoms with Crippen LogP contribution in [0.3, 0.4) is 0 Å². The number of carbonyl (C=O) groups excluding carboxylic acids is 1. The van der Waals surface area contributed by atoms with Crippen molar-refractivity contribution in [3.05, 3.63) is 59.7 Å². The Balaban J connectivity index is 2.27. The number of nitrogens with two attached hydrogens (primary N) is 1. The van der Waals surface area contributed by atoms with Crippen LogP contribution in [0.4, 0.5) is 0 Å². The highest BCUT2D eigenvalue weighted by Gasteiger charge is 2.17. The number of primary amides is 1. The molecule has 2 aromatic carbocycles. The SMILES string of the molecule is CC(C)c1ccc(S(=O)(=O)Oc2cccc(C(N)=O)c2)cc1. The molecule has 1 amide bonds. The summed E-state index contributed by atoms with van der Waals surface area (Å²) in [5.41, 5.74) is 6.38. The van der Waals surface area contributed by atoms with Gasteiger partial charge in [0.2, 0.25) is 5.91 Å². The first kappa shape index (κ1) is 16.0. The molecule has 0 aromatic heterocycles. The number of amides is 1. The van der Waals surface area contributed by atoms with E-state index >= 15 is 0 Å². The highest BCUT2D eigenvalue weighted by Crippen LogP contribution is 2.22. The van der Waals surface area contributed by atoms with Gasteiger partial charge < -0.3 is 9.92 Å². The quantitative estimate of drug-likeness (QED) is 0.858. The highest BCUT2D eigenvalue weighted by molar-refractivity contribution is 7.87. The zero-order valence-corrected chi connectivity index (χ0v) is 13.1. The van der Waals surface area contributed by atoms with Crippen molar-refractivity contribution in [2.75, 3.05) is 0 Å². The molecule has 22 heavy (non-hydrogen) atoms. The normalized spacial score (nSPS) is 11.4. The number of carbonyl (C=O) groups is 1. The molecule has 0 aliphatic rings. The van der Waals surface area contributed by atoms with Crippen molar-refractivity contribution in [1.29, 1.82) is 0 Å². The lowest BCUT2D eigenvalue weighted by molar-refractivity contribution is 0.1000. The second-order valence-corrected chi connectivity index (χ2v) is 6.70. The first-order valence-electron chi connectivity index (χ1n) is 6.74. The van der Waals surface area contributed by atoms with E-state index < -0.39 is 16.0 Å². The second-order valence-electron chi connectivity index (χ2n) is 5.15. The Labute approximate surface area is 129 Å². The molecular weight excluding hydrogens is 302 g/mol. The maximum absolute atomic E-state index is 12.2. The van der Waals surface area contributed by atoms with E-state index in [4.69, 9.17) is 9.92 Å². The largest absolute Gasteiger partial charge is 0.379 e. The van der Waals surface area contributed by atoms with Crippen LogP contribution < -0.4 is 9.92 Å². The van der Waals surface area contributed by atoms with Crippen LogP contribution in [0.25, 0.3) is 0 Å². The molecule has 6 heteroatoms. The van der Waals surface area contributed by atoms with E-state index in [1.807, 2.05) is 13.8 Å². The van der Waals surface area contributed by atoms with Gasteiger partial charge in [-0.05, 0) is 41.8 Å². The summed E-state index contributed by atoms with van der Waals surface area (Å²) in [4.78, 5) is 11.2. The molecule has 5 nitrogen and oxygen atoms in total. The van der Waals surface area contributed by atoms with Crippen molar-refractivity contribution >= 4 is 16.0 Å². The van der Waals surface area contributed by atoms with Crippen LogP contribution in [0, 0.1) is 0 Å². The van der Waals surface area contributed by atoms with E-state index in [1.54, 1.807) is 12.1 Å². The summed E-state index contributed by atoms with van der Waals surface area (Å²) in [6.45, 7) is 4.05. The topological polar surface area (TPSA) is 86.5 Å². The average Bonchev–Trinajstić information content (AvgIpc) is 2.47. The fourth-order valence-electron chi connectivity index (χ4n) is 1.90. The predicted octanol–water partition coefficient (Wildman–Crippen LogP) is 2.68. The van der Waals surface area contributed by atoms with E-state index in [-0.39, 0.29) is 16.2 Å². The fraction of sp³-hybridized carbons (Fsp3) is 0.188. The van der Waals surface area contributed by atoms with Crippen LogP contribution >= 0.6 is 0 Å². The molecular formula is C16H17NO4S. The summed E-state index contributed by atoms with van der Waals surface area (Å²) in [5, 5.41) is 0. The first-order chi connectivity index (χ1) is 10.3. The van der Waals surface area contributed by atoms with Crippen LogP contribution in [0.1, 0.15) is 35.7 Å². The smallest absolute Gasteiger partial charge is 0.339 e. The Bertz CT molecular complexity index is 780. The van der Waals surface area contributed by atoms with Crippen molar-refractivity contribution in [1.82, 2.24) is 0 Å². The van der Waals surface area contributed by atoms with Gasteiger partial charge in [-0.15, -0.1) is 0 Å². The Kier molecular flexibility index (Phi) is 4.51. The van der Waals surface area contributed by atoms with Crippen LogP contribution in [0.15, 0.2) is 53.4 Å². The molecule has 0 radical (unpaired) electrons. The summed E-state index contributed by atoms with van der Waals surface area (Å²) < 4.78 is 29.5. The average molecular weight is 319 g/mol. The van der Waals surface area contributed by atoms with Gasteiger partial charge in [0, 0.05) is 5.56 Å². The van der Waals surface area contributed by atoms with Crippen LogP contribution in [0.2, 0.25) is 0 Å². The van der Waals surface area contributed by atoms with Gasteiger partial charge in [-0.2, -0.15) is 8.42 Å². The maximum Gasteiger partial charge on any atom is 0.339 e. The molecule has 0 bridgehead atoms. The van der Waals surface area contributed by atoms with E-state index in [9.17, 15) is 13.2 Å². The lowest BCUT2D eigenvalue weighted by atomic mass is 10.0. The van der Waals surface area contributed by atoms with Crippen molar-refractivity contribution in [2.45, 2.75) is 24.7 Å². The molecule has 0 atom stereocenters. The molecule has 0 spiro atoms. The summed E-state index contributed by atoms with van der Waals surface area (Å²) >= 11 is 0. The van der Waals surface area contributed by atoms with E-state index in [2.05, 4.69) is 0 Å².